The summed E-state index contributed by atoms with van der Waals surface area (Å²) in [4.78, 5) is 27.5. The Hall–Kier alpha value is -4.05. The van der Waals surface area contributed by atoms with Crippen molar-refractivity contribution >= 4 is 28.3 Å². The van der Waals surface area contributed by atoms with E-state index in [1.807, 2.05) is 60.7 Å². The van der Waals surface area contributed by atoms with Crippen molar-refractivity contribution in [1.29, 1.82) is 0 Å². The third-order valence-corrected chi connectivity index (χ3v) is 6.61. The zero-order valence-corrected chi connectivity index (χ0v) is 20.6. The average molecular weight is 525 g/mol. The lowest BCUT2D eigenvalue weighted by Gasteiger charge is -2.30. The van der Waals surface area contributed by atoms with Gasteiger partial charge in [-0.05, 0) is 30.7 Å². The Balaban J connectivity index is 1.50. The molecule has 37 heavy (non-hydrogen) atoms. The summed E-state index contributed by atoms with van der Waals surface area (Å²) in [6, 6.07) is 22.3. The smallest absolute Gasteiger partial charge is 0.331 e. The summed E-state index contributed by atoms with van der Waals surface area (Å²) < 4.78 is 39.7. The fraction of sp³-hybridized carbons (Fsp3) is 0.185. The Kier molecular flexibility index (Phi) is 7.98. The lowest BCUT2D eigenvalue weighted by Crippen LogP contribution is -2.36. The Morgan fingerprint density at radius 1 is 0.946 bits per heavy atom. The standard InChI is InChI=1S/C27H23F3N4O2S/c1-18(19-9-4-2-5-10-19)34(25(36)21-13-8-14-22(17-21)27(28,29)30)16-15-23(35)31-26-33-32-24(37-26)20-11-6-3-7-12-20/h2-14,17-18H,15-16H2,1H3,(H,31,33,35)/t18-/m1/s1. The molecule has 0 spiro atoms. The summed E-state index contributed by atoms with van der Waals surface area (Å²) >= 11 is 1.22. The maximum atomic E-state index is 13.4. The Morgan fingerprint density at radius 3 is 2.30 bits per heavy atom. The molecule has 0 saturated carbocycles. The van der Waals surface area contributed by atoms with Crippen LogP contribution in [0.2, 0.25) is 0 Å². The highest BCUT2D eigenvalue weighted by atomic mass is 32.1. The van der Waals surface area contributed by atoms with Crippen LogP contribution in [-0.2, 0) is 11.0 Å². The molecule has 0 unspecified atom stereocenters. The van der Waals surface area contributed by atoms with Crippen molar-refractivity contribution < 1.29 is 22.8 Å². The number of benzene rings is 3. The summed E-state index contributed by atoms with van der Waals surface area (Å²) in [6.45, 7) is 1.76. The molecule has 0 aliphatic rings. The number of alkyl halides is 3. The van der Waals surface area contributed by atoms with Gasteiger partial charge in [0.15, 0.2) is 0 Å². The molecule has 0 bridgehead atoms. The summed E-state index contributed by atoms with van der Waals surface area (Å²) in [5.74, 6) is -0.990. The molecule has 4 rings (SSSR count). The number of hydrogen-bond donors (Lipinski definition) is 1. The number of amides is 2. The second kappa shape index (κ2) is 11.3. The molecule has 10 heteroatoms. The van der Waals surface area contributed by atoms with Crippen molar-refractivity contribution in [3.63, 3.8) is 0 Å². The van der Waals surface area contributed by atoms with Crippen LogP contribution in [0.4, 0.5) is 18.3 Å². The normalized spacial score (nSPS) is 12.1. The van der Waals surface area contributed by atoms with Gasteiger partial charge in [-0.1, -0.05) is 78.1 Å². The molecule has 6 nitrogen and oxygen atoms in total. The SMILES string of the molecule is C[C@H](c1ccccc1)N(CCC(=O)Nc1nnc(-c2ccccc2)s1)C(=O)c1cccc(C(F)(F)F)c1. The molecule has 3 aromatic carbocycles. The van der Waals surface area contributed by atoms with Crippen LogP contribution in [0.25, 0.3) is 10.6 Å². The van der Waals surface area contributed by atoms with Gasteiger partial charge in [0.05, 0.1) is 11.6 Å². The van der Waals surface area contributed by atoms with E-state index in [4.69, 9.17) is 0 Å². The number of halogens is 3. The summed E-state index contributed by atoms with van der Waals surface area (Å²) in [6.07, 6.45) is -4.66. The number of nitrogens with zero attached hydrogens (tertiary/aromatic N) is 3. The van der Waals surface area contributed by atoms with Gasteiger partial charge in [0, 0.05) is 24.1 Å². The summed E-state index contributed by atoms with van der Waals surface area (Å²) in [5.41, 5.74) is 0.651. The monoisotopic (exact) mass is 524 g/mol. The molecule has 1 atom stereocenters. The summed E-state index contributed by atoms with van der Waals surface area (Å²) in [5, 5.41) is 11.8. The number of nitrogens with one attached hydrogen (secondary N) is 1. The van der Waals surface area contributed by atoms with E-state index in [2.05, 4.69) is 15.5 Å². The molecule has 1 N–H and O–H groups in total. The third-order valence-electron chi connectivity index (χ3n) is 5.72. The molecule has 4 aromatic rings. The summed E-state index contributed by atoms with van der Waals surface area (Å²) in [7, 11) is 0. The second-order valence-electron chi connectivity index (χ2n) is 8.24. The molecule has 0 aliphatic heterocycles. The van der Waals surface area contributed by atoms with E-state index in [1.54, 1.807) is 6.92 Å². The number of carbonyl (C=O) groups excluding carboxylic acids is 2. The first kappa shape index (κ1) is 26.0. The Morgan fingerprint density at radius 2 is 1.62 bits per heavy atom. The third kappa shape index (κ3) is 6.59. The Bertz CT molecular complexity index is 1360. The van der Waals surface area contributed by atoms with Crippen LogP contribution in [0.5, 0.6) is 0 Å². The quantitative estimate of drug-likeness (QED) is 0.287. The number of hydrogen-bond acceptors (Lipinski definition) is 5. The van der Waals surface area contributed by atoms with Crippen LogP contribution in [0.1, 0.15) is 40.9 Å². The lowest BCUT2D eigenvalue weighted by molar-refractivity contribution is -0.137. The van der Waals surface area contributed by atoms with Gasteiger partial charge in [-0.15, -0.1) is 10.2 Å². The van der Waals surface area contributed by atoms with Crippen molar-refractivity contribution in [2.24, 2.45) is 0 Å². The van der Waals surface area contributed by atoms with E-state index in [9.17, 15) is 22.8 Å². The minimum Gasteiger partial charge on any atom is -0.331 e. The van der Waals surface area contributed by atoms with Crippen LogP contribution in [0, 0.1) is 0 Å². The molecule has 1 heterocycles. The van der Waals surface area contributed by atoms with Crippen LogP contribution in [0.3, 0.4) is 0 Å². The first-order valence-corrected chi connectivity index (χ1v) is 12.3. The highest BCUT2D eigenvalue weighted by Crippen LogP contribution is 2.31. The van der Waals surface area contributed by atoms with Gasteiger partial charge in [0.2, 0.25) is 11.0 Å². The van der Waals surface area contributed by atoms with Crippen molar-refractivity contribution in [3.05, 3.63) is 102 Å². The van der Waals surface area contributed by atoms with E-state index in [0.29, 0.717) is 10.1 Å². The van der Waals surface area contributed by atoms with Gasteiger partial charge in [-0.2, -0.15) is 13.2 Å². The number of anilines is 1. The fourth-order valence-electron chi connectivity index (χ4n) is 3.75. The largest absolute Gasteiger partial charge is 0.416 e. The van der Waals surface area contributed by atoms with E-state index >= 15 is 0 Å². The maximum Gasteiger partial charge on any atom is 0.416 e. The molecule has 0 fully saturated rings. The molecule has 0 radical (unpaired) electrons. The number of aromatic nitrogens is 2. The Labute approximate surface area is 215 Å². The van der Waals surface area contributed by atoms with Crippen molar-refractivity contribution in [2.45, 2.75) is 25.6 Å². The average Bonchev–Trinajstić information content (AvgIpc) is 3.37. The molecular weight excluding hydrogens is 501 g/mol. The van der Waals surface area contributed by atoms with Gasteiger partial charge >= 0.3 is 6.18 Å². The molecular formula is C27H23F3N4O2S. The zero-order valence-electron chi connectivity index (χ0n) is 19.8. The van der Waals surface area contributed by atoms with Gasteiger partial charge in [-0.25, -0.2) is 0 Å². The lowest BCUT2D eigenvalue weighted by atomic mass is 10.0. The van der Waals surface area contributed by atoms with E-state index in [0.717, 1.165) is 23.3 Å². The van der Waals surface area contributed by atoms with E-state index < -0.39 is 29.6 Å². The predicted octanol–water partition coefficient (Wildman–Crippen LogP) is 6.46. The van der Waals surface area contributed by atoms with Crippen molar-refractivity contribution in [2.75, 3.05) is 11.9 Å². The van der Waals surface area contributed by atoms with E-state index in [-0.39, 0.29) is 18.5 Å². The first-order valence-electron chi connectivity index (χ1n) is 11.4. The molecule has 1 aromatic heterocycles. The highest BCUT2D eigenvalue weighted by Gasteiger charge is 2.32. The number of carbonyl (C=O) groups is 2. The molecule has 2 amide bonds. The van der Waals surface area contributed by atoms with Crippen molar-refractivity contribution in [1.82, 2.24) is 15.1 Å². The van der Waals surface area contributed by atoms with Crippen LogP contribution in [0.15, 0.2) is 84.9 Å². The van der Waals surface area contributed by atoms with Gasteiger partial charge in [-0.3, -0.25) is 9.59 Å². The van der Waals surface area contributed by atoms with Crippen LogP contribution < -0.4 is 5.32 Å². The van der Waals surface area contributed by atoms with Crippen LogP contribution >= 0.6 is 11.3 Å². The minimum absolute atomic E-state index is 0.0126. The van der Waals surface area contributed by atoms with Gasteiger partial charge in [0.25, 0.3) is 5.91 Å². The van der Waals surface area contributed by atoms with Gasteiger partial charge < -0.3 is 10.2 Å². The molecule has 0 aliphatic carbocycles. The fourth-order valence-corrected chi connectivity index (χ4v) is 4.52. The van der Waals surface area contributed by atoms with E-state index in [1.165, 1.54) is 28.4 Å². The predicted molar refractivity (Wildman–Crippen MR) is 136 cm³/mol. The number of rotatable bonds is 8. The van der Waals surface area contributed by atoms with Gasteiger partial charge in [0.1, 0.15) is 5.01 Å². The molecule has 0 saturated heterocycles. The van der Waals surface area contributed by atoms with Crippen molar-refractivity contribution in [3.8, 4) is 10.6 Å². The maximum absolute atomic E-state index is 13.4. The van der Waals surface area contributed by atoms with Crippen LogP contribution in [-0.4, -0.2) is 33.5 Å². The minimum atomic E-state index is -4.58. The first-order chi connectivity index (χ1) is 17.7. The molecule has 190 valence electrons. The second-order valence-corrected chi connectivity index (χ2v) is 9.22. The topological polar surface area (TPSA) is 75.2 Å². The highest BCUT2D eigenvalue weighted by molar-refractivity contribution is 7.18. The zero-order chi connectivity index (χ0) is 26.4.